The van der Waals surface area contributed by atoms with Crippen LogP contribution in [-0.2, 0) is 9.47 Å². The van der Waals surface area contributed by atoms with E-state index >= 15 is 0 Å². The zero-order valence-electron chi connectivity index (χ0n) is 10.4. The van der Waals surface area contributed by atoms with E-state index in [4.69, 9.17) is 4.74 Å². The number of carbonyl (C=O) groups excluding carboxylic acids is 2. The summed E-state index contributed by atoms with van der Waals surface area (Å²) in [5.74, 6) is -0.464. The van der Waals surface area contributed by atoms with Crippen LogP contribution in [0.2, 0.25) is 0 Å². The summed E-state index contributed by atoms with van der Waals surface area (Å²) in [6, 6.07) is 6.39. The molecular weight excluding hydrogens is 234 g/mol. The second-order valence-electron chi connectivity index (χ2n) is 3.73. The van der Waals surface area contributed by atoms with E-state index in [1.54, 1.807) is 25.1 Å². The molecule has 0 aliphatic heterocycles. The average Bonchev–Trinajstić information content (AvgIpc) is 2.35. The lowest BCUT2D eigenvalue weighted by Gasteiger charge is -2.07. The molecule has 0 radical (unpaired) electrons. The number of esters is 1. The highest BCUT2D eigenvalue weighted by molar-refractivity contribution is 5.92. The molecule has 96 valence electrons. The van der Waals surface area contributed by atoms with Crippen molar-refractivity contribution in [3.8, 4) is 0 Å². The predicted molar refractivity (Wildman–Crippen MR) is 67.6 cm³/mol. The molecule has 0 aliphatic carbocycles. The van der Waals surface area contributed by atoms with Gasteiger partial charge in [-0.05, 0) is 30.7 Å². The van der Waals surface area contributed by atoms with Gasteiger partial charge in [0.25, 0.3) is 0 Å². The third-order valence-electron chi connectivity index (χ3n) is 1.98. The first kappa shape index (κ1) is 13.8. The number of methoxy groups -OCH3 is 1. The summed E-state index contributed by atoms with van der Waals surface area (Å²) in [6.07, 6.45) is -0.597. The van der Waals surface area contributed by atoms with Crippen LogP contribution in [0.5, 0.6) is 0 Å². The monoisotopic (exact) mass is 249 g/mol. The second kappa shape index (κ2) is 6.44. The third-order valence-corrected chi connectivity index (χ3v) is 1.98. The molecule has 1 aromatic carbocycles. The predicted octanol–water partition coefficient (Wildman–Crippen LogP) is 2.60. The van der Waals surface area contributed by atoms with E-state index in [9.17, 15) is 9.59 Å². The van der Waals surface area contributed by atoms with Gasteiger partial charge in [-0.3, -0.25) is 5.32 Å². The van der Waals surface area contributed by atoms with E-state index < -0.39 is 12.1 Å². The molecule has 0 bridgehead atoms. The van der Waals surface area contributed by atoms with Crippen molar-refractivity contribution in [2.24, 2.45) is 0 Å². The minimum atomic E-state index is -0.597. The summed E-state index contributed by atoms with van der Waals surface area (Å²) >= 11 is 0. The summed E-state index contributed by atoms with van der Waals surface area (Å²) in [4.78, 5) is 22.7. The molecule has 1 aromatic rings. The van der Waals surface area contributed by atoms with E-state index in [1.165, 1.54) is 13.2 Å². The number of nitrogens with one attached hydrogen (secondary N) is 1. The average molecular weight is 249 g/mol. The van der Waals surface area contributed by atoms with Gasteiger partial charge in [0.1, 0.15) is 6.61 Å². The lowest BCUT2D eigenvalue weighted by atomic mass is 10.2. The van der Waals surface area contributed by atoms with E-state index in [1.807, 2.05) is 0 Å². The lowest BCUT2D eigenvalue weighted by molar-refractivity contribution is 0.0600. The highest BCUT2D eigenvalue weighted by atomic mass is 16.5. The topological polar surface area (TPSA) is 64.6 Å². The first-order valence-electron chi connectivity index (χ1n) is 5.29. The van der Waals surface area contributed by atoms with Crippen LogP contribution in [0.15, 0.2) is 36.4 Å². The van der Waals surface area contributed by atoms with Gasteiger partial charge in [-0.25, -0.2) is 9.59 Å². The summed E-state index contributed by atoms with van der Waals surface area (Å²) in [6.45, 7) is 5.53. The molecule has 0 aliphatic rings. The molecule has 1 amide bonds. The zero-order chi connectivity index (χ0) is 13.5. The van der Waals surface area contributed by atoms with E-state index in [-0.39, 0.29) is 6.61 Å². The molecule has 1 rings (SSSR count). The van der Waals surface area contributed by atoms with Crippen molar-refractivity contribution in [1.82, 2.24) is 0 Å². The quantitative estimate of drug-likeness (QED) is 0.658. The Morgan fingerprint density at radius 3 is 2.72 bits per heavy atom. The van der Waals surface area contributed by atoms with Crippen LogP contribution >= 0.6 is 0 Å². The van der Waals surface area contributed by atoms with Gasteiger partial charge in [0.15, 0.2) is 0 Å². The molecule has 0 heterocycles. The first-order valence-corrected chi connectivity index (χ1v) is 5.29. The Labute approximate surface area is 105 Å². The van der Waals surface area contributed by atoms with Crippen molar-refractivity contribution in [3.05, 3.63) is 42.0 Å². The van der Waals surface area contributed by atoms with E-state index in [2.05, 4.69) is 16.6 Å². The Bertz CT molecular complexity index is 468. The number of ether oxygens (including phenoxy) is 2. The molecular formula is C13H15NO4. The van der Waals surface area contributed by atoms with Crippen LogP contribution in [0.3, 0.4) is 0 Å². The molecule has 0 saturated heterocycles. The van der Waals surface area contributed by atoms with Crippen LogP contribution in [0.25, 0.3) is 0 Å². The smallest absolute Gasteiger partial charge is 0.411 e. The lowest BCUT2D eigenvalue weighted by Crippen LogP contribution is -2.15. The van der Waals surface area contributed by atoms with Crippen molar-refractivity contribution < 1.29 is 19.1 Å². The number of rotatable bonds is 4. The van der Waals surface area contributed by atoms with Crippen molar-refractivity contribution >= 4 is 17.7 Å². The summed E-state index contributed by atoms with van der Waals surface area (Å²) < 4.78 is 9.45. The number of benzene rings is 1. The van der Waals surface area contributed by atoms with Crippen LogP contribution in [-0.4, -0.2) is 25.8 Å². The minimum absolute atomic E-state index is 0.155. The highest BCUT2D eigenvalue weighted by Crippen LogP contribution is 2.11. The van der Waals surface area contributed by atoms with E-state index in [0.717, 1.165) is 5.57 Å². The van der Waals surface area contributed by atoms with Gasteiger partial charge < -0.3 is 9.47 Å². The van der Waals surface area contributed by atoms with Crippen LogP contribution in [0.4, 0.5) is 10.5 Å². The minimum Gasteiger partial charge on any atom is -0.465 e. The highest BCUT2D eigenvalue weighted by Gasteiger charge is 2.08. The van der Waals surface area contributed by atoms with Crippen molar-refractivity contribution in [1.29, 1.82) is 0 Å². The number of hydrogen-bond donors (Lipinski definition) is 1. The fourth-order valence-corrected chi connectivity index (χ4v) is 1.18. The van der Waals surface area contributed by atoms with Crippen molar-refractivity contribution in [2.75, 3.05) is 19.0 Å². The zero-order valence-corrected chi connectivity index (χ0v) is 10.4. The van der Waals surface area contributed by atoms with Crippen LogP contribution < -0.4 is 5.32 Å². The molecule has 0 unspecified atom stereocenters. The third kappa shape index (κ3) is 4.29. The van der Waals surface area contributed by atoms with Gasteiger partial charge in [0.05, 0.1) is 12.7 Å². The molecule has 18 heavy (non-hydrogen) atoms. The molecule has 5 heteroatoms. The van der Waals surface area contributed by atoms with Gasteiger partial charge >= 0.3 is 12.1 Å². The van der Waals surface area contributed by atoms with Crippen LogP contribution in [0.1, 0.15) is 17.3 Å². The standard InChI is InChI=1S/C13H15NO4/c1-9(2)8-18-13(16)14-11-6-4-5-10(7-11)12(15)17-3/h4-7H,1,8H2,2-3H3,(H,14,16). The van der Waals surface area contributed by atoms with Gasteiger partial charge in [0, 0.05) is 5.69 Å². The van der Waals surface area contributed by atoms with Gasteiger partial charge in [-0.1, -0.05) is 12.6 Å². The Morgan fingerprint density at radius 2 is 2.11 bits per heavy atom. The maximum absolute atomic E-state index is 11.4. The largest absolute Gasteiger partial charge is 0.465 e. The van der Waals surface area contributed by atoms with Gasteiger partial charge in [0.2, 0.25) is 0 Å². The number of anilines is 1. The fraction of sp³-hybridized carbons (Fsp3) is 0.231. The second-order valence-corrected chi connectivity index (χ2v) is 3.73. The maximum Gasteiger partial charge on any atom is 0.411 e. The fourth-order valence-electron chi connectivity index (χ4n) is 1.18. The van der Waals surface area contributed by atoms with Crippen molar-refractivity contribution in [2.45, 2.75) is 6.92 Å². The molecule has 0 spiro atoms. The SMILES string of the molecule is C=C(C)COC(=O)Nc1cccc(C(=O)OC)c1. The van der Waals surface area contributed by atoms with Gasteiger partial charge in [-0.2, -0.15) is 0 Å². The first-order chi connectivity index (χ1) is 8.52. The Balaban J connectivity index is 2.64. The molecule has 0 atom stereocenters. The Hall–Kier alpha value is -2.30. The summed E-state index contributed by atoms with van der Waals surface area (Å²) in [5, 5.41) is 2.51. The molecule has 5 nitrogen and oxygen atoms in total. The normalized spacial score (nSPS) is 9.44. The molecule has 0 aromatic heterocycles. The Morgan fingerprint density at radius 1 is 1.39 bits per heavy atom. The summed E-state index contributed by atoms with van der Waals surface area (Å²) in [7, 11) is 1.30. The van der Waals surface area contributed by atoms with E-state index in [0.29, 0.717) is 11.3 Å². The number of carbonyl (C=O) groups is 2. The molecule has 0 saturated carbocycles. The number of amides is 1. The van der Waals surface area contributed by atoms with Gasteiger partial charge in [-0.15, -0.1) is 0 Å². The van der Waals surface area contributed by atoms with Crippen LogP contribution in [0, 0.1) is 0 Å². The molecule has 0 fully saturated rings. The van der Waals surface area contributed by atoms with Crippen molar-refractivity contribution in [3.63, 3.8) is 0 Å². The summed E-state index contributed by atoms with van der Waals surface area (Å²) in [5.41, 5.74) is 1.56. The maximum atomic E-state index is 11.4. The number of hydrogen-bond acceptors (Lipinski definition) is 4. The molecule has 1 N–H and O–H groups in total. The Kier molecular flexibility index (Phi) is 4.92.